The van der Waals surface area contributed by atoms with Crippen LogP contribution in [0.1, 0.15) is 17.5 Å². The lowest BCUT2D eigenvalue weighted by atomic mass is 10.1. The van der Waals surface area contributed by atoms with E-state index >= 15 is 0 Å². The van der Waals surface area contributed by atoms with Gasteiger partial charge in [0.05, 0.1) is 6.54 Å². The molecular formula is C14H23N3O. The van der Waals surface area contributed by atoms with Gasteiger partial charge in [0.25, 0.3) is 0 Å². The van der Waals surface area contributed by atoms with Crippen molar-refractivity contribution in [2.24, 2.45) is 5.73 Å². The summed E-state index contributed by atoms with van der Waals surface area (Å²) in [5.41, 5.74) is 7.78. The summed E-state index contributed by atoms with van der Waals surface area (Å²) >= 11 is 0. The minimum atomic E-state index is 0.0510. The van der Waals surface area contributed by atoms with Crippen molar-refractivity contribution in [1.82, 2.24) is 10.2 Å². The van der Waals surface area contributed by atoms with Gasteiger partial charge >= 0.3 is 0 Å². The Labute approximate surface area is 109 Å². The van der Waals surface area contributed by atoms with Crippen LogP contribution < -0.4 is 11.1 Å². The van der Waals surface area contributed by atoms with Crippen LogP contribution in [-0.4, -0.2) is 37.5 Å². The second-order valence-corrected chi connectivity index (χ2v) is 4.64. The number of hydrogen-bond donors (Lipinski definition) is 2. The maximum atomic E-state index is 11.7. The molecule has 1 rings (SSSR count). The Bertz CT molecular complexity index is 362. The largest absolute Gasteiger partial charge is 0.351 e. The number of nitrogens with two attached hydrogens (primary N) is 1. The highest BCUT2D eigenvalue weighted by molar-refractivity contribution is 5.77. The third-order valence-corrected chi connectivity index (χ3v) is 2.77. The fourth-order valence-corrected chi connectivity index (χ4v) is 1.65. The lowest BCUT2D eigenvalue weighted by molar-refractivity contribution is -0.122. The van der Waals surface area contributed by atoms with Gasteiger partial charge in [0.1, 0.15) is 0 Å². The van der Waals surface area contributed by atoms with Crippen molar-refractivity contribution in [1.29, 1.82) is 0 Å². The number of hydrogen-bond acceptors (Lipinski definition) is 3. The van der Waals surface area contributed by atoms with Crippen LogP contribution in [0.5, 0.6) is 0 Å². The second kappa shape index (κ2) is 7.84. The molecule has 0 aliphatic heterocycles. The van der Waals surface area contributed by atoms with Crippen molar-refractivity contribution < 1.29 is 4.79 Å². The smallest absolute Gasteiger partial charge is 0.234 e. The molecule has 1 aromatic rings. The molecule has 0 unspecified atom stereocenters. The molecule has 3 N–H and O–H groups in total. The van der Waals surface area contributed by atoms with Crippen LogP contribution in [0.4, 0.5) is 0 Å². The van der Waals surface area contributed by atoms with E-state index < -0.39 is 0 Å². The third-order valence-electron chi connectivity index (χ3n) is 2.77. The summed E-state index contributed by atoms with van der Waals surface area (Å²) in [5, 5.41) is 2.91. The van der Waals surface area contributed by atoms with E-state index in [0.29, 0.717) is 19.6 Å². The van der Waals surface area contributed by atoms with Gasteiger partial charge in [-0.15, -0.1) is 0 Å². The summed E-state index contributed by atoms with van der Waals surface area (Å²) in [6.07, 6.45) is 0.918. The van der Waals surface area contributed by atoms with E-state index in [1.807, 2.05) is 24.1 Å². The van der Waals surface area contributed by atoms with Gasteiger partial charge in [0, 0.05) is 6.54 Å². The first-order valence-corrected chi connectivity index (χ1v) is 6.32. The lowest BCUT2D eigenvalue weighted by Crippen LogP contribution is -2.35. The van der Waals surface area contributed by atoms with Gasteiger partial charge in [-0.1, -0.05) is 29.8 Å². The zero-order valence-corrected chi connectivity index (χ0v) is 11.3. The molecule has 0 bridgehead atoms. The summed E-state index contributed by atoms with van der Waals surface area (Å²) in [6, 6.07) is 8.17. The molecule has 4 heteroatoms. The monoisotopic (exact) mass is 249 g/mol. The summed E-state index contributed by atoms with van der Waals surface area (Å²) in [5.74, 6) is 0.0510. The number of rotatable bonds is 7. The molecule has 0 atom stereocenters. The molecule has 0 aliphatic carbocycles. The van der Waals surface area contributed by atoms with Crippen LogP contribution >= 0.6 is 0 Å². The maximum absolute atomic E-state index is 11.7. The van der Waals surface area contributed by atoms with E-state index in [1.54, 1.807) is 0 Å². The second-order valence-electron chi connectivity index (χ2n) is 4.64. The minimum Gasteiger partial charge on any atom is -0.351 e. The Morgan fingerprint density at radius 1 is 1.33 bits per heavy atom. The Kier molecular flexibility index (Phi) is 6.39. The highest BCUT2D eigenvalue weighted by Crippen LogP contribution is 2.02. The molecule has 0 aromatic heterocycles. The molecular weight excluding hydrogens is 226 g/mol. The molecule has 1 amide bonds. The van der Waals surface area contributed by atoms with Gasteiger partial charge in [-0.25, -0.2) is 0 Å². The summed E-state index contributed by atoms with van der Waals surface area (Å²) < 4.78 is 0. The van der Waals surface area contributed by atoms with Crippen LogP contribution in [-0.2, 0) is 11.3 Å². The molecule has 0 radical (unpaired) electrons. The molecule has 0 fully saturated rings. The van der Waals surface area contributed by atoms with Crippen molar-refractivity contribution in [3.8, 4) is 0 Å². The molecule has 18 heavy (non-hydrogen) atoms. The number of aryl methyl sites for hydroxylation is 1. The lowest BCUT2D eigenvalue weighted by Gasteiger charge is -2.15. The van der Waals surface area contributed by atoms with E-state index in [-0.39, 0.29) is 5.91 Å². The normalized spacial score (nSPS) is 10.7. The number of carbonyl (C=O) groups excluding carboxylic acids is 1. The number of amides is 1. The average Bonchev–Trinajstić information content (AvgIpc) is 2.35. The average molecular weight is 249 g/mol. The predicted octanol–water partition coefficient (Wildman–Crippen LogP) is 0.892. The molecule has 100 valence electrons. The number of nitrogens with one attached hydrogen (secondary N) is 1. The Morgan fingerprint density at radius 3 is 2.61 bits per heavy atom. The van der Waals surface area contributed by atoms with E-state index in [2.05, 4.69) is 24.4 Å². The van der Waals surface area contributed by atoms with Gasteiger partial charge in [0.15, 0.2) is 0 Å². The molecule has 0 aliphatic rings. The van der Waals surface area contributed by atoms with Crippen molar-refractivity contribution >= 4 is 5.91 Å². The van der Waals surface area contributed by atoms with Crippen molar-refractivity contribution in [3.63, 3.8) is 0 Å². The van der Waals surface area contributed by atoms with E-state index in [1.165, 1.54) is 5.56 Å². The summed E-state index contributed by atoms with van der Waals surface area (Å²) in [4.78, 5) is 13.7. The summed E-state index contributed by atoms with van der Waals surface area (Å²) in [7, 11) is 1.93. The molecule has 0 saturated carbocycles. The Balaban J connectivity index is 2.26. The zero-order chi connectivity index (χ0) is 13.4. The molecule has 1 aromatic carbocycles. The zero-order valence-electron chi connectivity index (χ0n) is 11.3. The summed E-state index contributed by atoms with van der Waals surface area (Å²) in [6.45, 7) is 4.58. The van der Waals surface area contributed by atoms with Gasteiger partial charge in [0.2, 0.25) is 5.91 Å². The number of nitrogens with zero attached hydrogens (tertiary/aromatic N) is 1. The molecule has 4 nitrogen and oxygen atoms in total. The van der Waals surface area contributed by atoms with Crippen LogP contribution in [0.2, 0.25) is 0 Å². The first kappa shape index (κ1) is 14.7. The van der Waals surface area contributed by atoms with Gasteiger partial charge < -0.3 is 11.1 Å². The molecule has 0 saturated heterocycles. The van der Waals surface area contributed by atoms with Crippen molar-refractivity contribution in [2.45, 2.75) is 19.9 Å². The Morgan fingerprint density at radius 2 is 2.00 bits per heavy atom. The first-order valence-electron chi connectivity index (χ1n) is 6.32. The van der Waals surface area contributed by atoms with Crippen molar-refractivity contribution in [3.05, 3.63) is 35.4 Å². The van der Waals surface area contributed by atoms with Crippen LogP contribution in [0, 0.1) is 6.92 Å². The van der Waals surface area contributed by atoms with Crippen LogP contribution in [0.25, 0.3) is 0 Å². The highest BCUT2D eigenvalue weighted by Gasteiger charge is 2.05. The molecule has 0 heterocycles. The quantitative estimate of drug-likeness (QED) is 0.754. The fraction of sp³-hybridized carbons (Fsp3) is 0.500. The van der Waals surface area contributed by atoms with E-state index in [4.69, 9.17) is 5.73 Å². The van der Waals surface area contributed by atoms with Gasteiger partial charge in [-0.2, -0.15) is 0 Å². The van der Waals surface area contributed by atoms with Crippen LogP contribution in [0.3, 0.4) is 0 Å². The standard InChI is InChI=1S/C14H23N3O/c1-12-4-6-13(7-5-12)10-16-14(18)11-17(2)9-3-8-15/h4-7H,3,8-11,15H2,1-2H3,(H,16,18). The third kappa shape index (κ3) is 5.80. The number of carbonyl (C=O) groups is 1. The topological polar surface area (TPSA) is 58.4 Å². The predicted molar refractivity (Wildman–Crippen MR) is 74.2 cm³/mol. The SMILES string of the molecule is Cc1ccc(CNC(=O)CN(C)CCCN)cc1. The van der Waals surface area contributed by atoms with Crippen LogP contribution in [0.15, 0.2) is 24.3 Å². The number of likely N-dealkylation sites (N-methyl/N-ethyl adjacent to an activating group) is 1. The molecule has 0 spiro atoms. The fourth-order valence-electron chi connectivity index (χ4n) is 1.65. The van der Waals surface area contributed by atoms with Gasteiger partial charge in [-0.05, 0) is 39.0 Å². The van der Waals surface area contributed by atoms with E-state index in [9.17, 15) is 4.79 Å². The first-order chi connectivity index (χ1) is 8.61. The minimum absolute atomic E-state index is 0.0510. The maximum Gasteiger partial charge on any atom is 0.234 e. The van der Waals surface area contributed by atoms with Crippen molar-refractivity contribution in [2.75, 3.05) is 26.7 Å². The highest BCUT2D eigenvalue weighted by atomic mass is 16.2. The Hall–Kier alpha value is -1.39. The van der Waals surface area contributed by atoms with Gasteiger partial charge in [-0.3, -0.25) is 9.69 Å². The van der Waals surface area contributed by atoms with E-state index in [0.717, 1.165) is 18.5 Å². The number of benzene rings is 1.